The summed E-state index contributed by atoms with van der Waals surface area (Å²) in [7, 11) is 1.96. The smallest absolute Gasteiger partial charge is 0.191 e. The maximum atomic E-state index is 9.24. The second-order valence-corrected chi connectivity index (χ2v) is 7.19. The molecule has 2 atom stereocenters. The molecule has 0 aliphatic carbocycles. The Hall–Kier alpha value is -1.03. The highest BCUT2D eigenvalue weighted by molar-refractivity contribution is 14.0. The number of piperidine rings is 1. The highest BCUT2D eigenvalue weighted by Gasteiger charge is 2.22. The van der Waals surface area contributed by atoms with Gasteiger partial charge in [-0.15, -0.1) is 24.0 Å². The normalized spacial score (nSPS) is 18.7. The average molecular weight is 492 g/mol. The van der Waals surface area contributed by atoms with E-state index in [9.17, 15) is 5.11 Å². The number of hydrogen-bond acceptors (Lipinski definition) is 4. The van der Waals surface area contributed by atoms with Gasteiger partial charge in [0.1, 0.15) is 0 Å². The predicted molar refractivity (Wildman–Crippen MR) is 123 cm³/mol. The summed E-state index contributed by atoms with van der Waals surface area (Å²) in [5.74, 6) is 1.35. The number of guanidine groups is 1. The summed E-state index contributed by atoms with van der Waals surface area (Å²) in [6, 6.07) is 0.379. The van der Waals surface area contributed by atoms with Crippen molar-refractivity contribution in [2.45, 2.75) is 52.0 Å². The fraction of sp³-hybridized carbons (Fsp3) is 0.789. The Bertz CT molecular complexity index is 544. The van der Waals surface area contributed by atoms with Crippen LogP contribution >= 0.6 is 24.0 Å². The van der Waals surface area contributed by atoms with Crippen molar-refractivity contribution in [2.24, 2.45) is 18.0 Å². The molecular weight excluding hydrogens is 455 g/mol. The van der Waals surface area contributed by atoms with Crippen molar-refractivity contribution in [1.82, 2.24) is 20.4 Å². The number of aliphatic hydroxyl groups excluding tert-OH is 1. The molecule has 1 aromatic heterocycles. The number of halogens is 1. The highest BCUT2D eigenvalue weighted by Crippen LogP contribution is 2.19. The van der Waals surface area contributed by atoms with Crippen LogP contribution in [0.5, 0.6) is 0 Å². The minimum atomic E-state index is 0. The van der Waals surface area contributed by atoms with Crippen LogP contribution in [0.25, 0.3) is 0 Å². The zero-order valence-electron chi connectivity index (χ0n) is 17.0. The van der Waals surface area contributed by atoms with Crippen LogP contribution in [-0.4, -0.2) is 59.7 Å². The van der Waals surface area contributed by atoms with Crippen LogP contribution < -0.4 is 15.5 Å². The number of nitrogens with one attached hydrogen (secondary N) is 2. The van der Waals surface area contributed by atoms with Gasteiger partial charge in [0, 0.05) is 52.1 Å². The van der Waals surface area contributed by atoms with Crippen LogP contribution in [0, 0.1) is 5.92 Å². The molecule has 0 spiro atoms. The highest BCUT2D eigenvalue weighted by atomic mass is 127. The topological polar surface area (TPSA) is 77.7 Å². The molecule has 1 aliphatic heterocycles. The maximum Gasteiger partial charge on any atom is 0.191 e. The van der Waals surface area contributed by atoms with E-state index < -0.39 is 0 Å². The molecule has 8 heteroatoms. The molecule has 1 fully saturated rings. The van der Waals surface area contributed by atoms with Gasteiger partial charge in [0.15, 0.2) is 5.96 Å². The molecule has 0 saturated carbocycles. The second-order valence-electron chi connectivity index (χ2n) is 7.19. The van der Waals surface area contributed by atoms with E-state index in [1.165, 1.54) is 5.69 Å². The molecule has 0 amide bonds. The Balaban J connectivity index is 0.00000364. The van der Waals surface area contributed by atoms with Gasteiger partial charge in [-0.05, 0) is 38.5 Å². The molecule has 2 unspecified atom stereocenters. The zero-order valence-corrected chi connectivity index (χ0v) is 19.4. The van der Waals surface area contributed by atoms with E-state index in [0.29, 0.717) is 12.0 Å². The lowest BCUT2D eigenvalue weighted by Gasteiger charge is -2.34. The number of hydrogen-bond donors (Lipinski definition) is 3. The van der Waals surface area contributed by atoms with Crippen LogP contribution in [0.15, 0.2) is 17.4 Å². The minimum absolute atomic E-state index is 0. The largest absolute Gasteiger partial charge is 0.396 e. The van der Waals surface area contributed by atoms with E-state index in [1.54, 1.807) is 0 Å². The molecule has 2 heterocycles. The van der Waals surface area contributed by atoms with Crippen molar-refractivity contribution >= 4 is 35.6 Å². The number of aromatic nitrogens is 2. The lowest BCUT2D eigenvalue weighted by Crippen LogP contribution is -2.51. The Morgan fingerprint density at radius 1 is 1.41 bits per heavy atom. The van der Waals surface area contributed by atoms with Crippen molar-refractivity contribution in [3.63, 3.8) is 0 Å². The Morgan fingerprint density at radius 3 is 2.85 bits per heavy atom. The Labute approximate surface area is 181 Å². The van der Waals surface area contributed by atoms with Gasteiger partial charge < -0.3 is 20.6 Å². The zero-order chi connectivity index (χ0) is 18.8. The fourth-order valence-electron chi connectivity index (χ4n) is 3.55. The number of nitrogens with zero attached hydrogens (tertiary/aromatic N) is 4. The summed E-state index contributed by atoms with van der Waals surface area (Å²) in [6.45, 7) is 8.18. The SMILES string of the molecule is CCCC(CCO)CN=C(NCC)NC1CCCN(c2cnn(C)c2)C1.I. The van der Waals surface area contributed by atoms with Crippen molar-refractivity contribution < 1.29 is 5.11 Å². The summed E-state index contributed by atoms with van der Waals surface area (Å²) < 4.78 is 1.85. The lowest BCUT2D eigenvalue weighted by molar-refractivity contribution is 0.253. The van der Waals surface area contributed by atoms with Crippen LogP contribution in [-0.2, 0) is 7.05 Å². The number of aryl methyl sites for hydroxylation is 1. The fourth-order valence-corrected chi connectivity index (χ4v) is 3.55. The molecule has 27 heavy (non-hydrogen) atoms. The molecule has 1 aromatic rings. The quantitative estimate of drug-likeness (QED) is 0.280. The first-order valence-electron chi connectivity index (χ1n) is 10.1. The van der Waals surface area contributed by atoms with Gasteiger partial charge in [-0.25, -0.2) is 0 Å². The van der Waals surface area contributed by atoms with Crippen molar-refractivity contribution in [3.8, 4) is 0 Å². The summed E-state index contributed by atoms with van der Waals surface area (Å²) in [5.41, 5.74) is 1.19. The van der Waals surface area contributed by atoms with Gasteiger partial charge in [0.05, 0.1) is 11.9 Å². The third-order valence-corrected chi connectivity index (χ3v) is 4.90. The average Bonchev–Trinajstić information content (AvgIpc) is 3.07. The van der Waals surface area contributed by atoms with Crippen LogP contribution in [0.2, 0.25) is 0 Å². The van der Waals surface area contributed by atoms with Gasteiger partial charge in [-0.3, -0.25) is 9.67 Å². The molecule has 156 valence electrons. The predicted octanol–water partition coefficient (Wildman–Crippen LogP) is 2.36. The molecule has 0 aromatic carbocycles. The van der Waals surface area contributed by atoms with Gasteiger partial charge in [-0.2, -0.15) is 5.10 Å². The molecule has 7 nitrogen and oxygen atoms in total. The van der Waals surface area contributed by atoms with E-state index in [0.717, 1.165) is 64.2 Å². The summed E-state index contributed by atoms with van der Waals surface area (Å²) in [6.07, 6.45) is 9.40. The van der Waals surface area contributed by atoms with E-state index in [1.807, 2.05) is 17.9 Å². The van der Waals surface area contributed by atoms with E-state index in [2.05, 4.69) is 40.7 Å². The maximum absolute atomic E-state index is 9.24. The van der Waals surface area contributed by atoms with E-state index in [-0.39, 0.29) is 30.6 Å². The molecule has 1 saturated heterocycles. The van der Waals surface area contributed by atoms with Gasteiger partial charge in [0.25, 0.3) is 0 Å². The Kier molecular flexibility index (Phi) is 11.7. The molecular formula is C19H37IN6O. The van der Waals surface area contributed by atoms with Crippen LogP contribution in [0.1, 0.15) is 46.0 Å². The summed E-state index contributed by atoms with van der Waals surface area (Å²) in [4.78, 5) is 7.19. The van der Waals surface area contributed by atoms with Crippen molar-refractivity contribution in [1.29, 1.82) is 0 Å². The molecule has 2 rings (SSSR count). The van der Waals surface area contributed by atoms with Crippen molar-refractivity contribution in [2.75, 3.05) is 37.7 Å². The Morgan fingerprint density at radius 2 is 2.22 bits per heavy atom. The van der Waals surface area contributed by atoms with E-state index >= 15 is 0 Å². The second kappa shape index (κ2) is 13.2. The number of anilines is 1. The monoisotopic (exact) mass is 492 g/mol. The van der Waals surface area contributed by atoms with Crippen LogP contribution in [0.3, 0.4) is 0 Å². The standard InChI is InChI=1S/C19H36N6O.HI/c1-4-7-16(9-11-26)12-21-19(20-5-2)23-17-8-6-10-25(14-17)18-13-22-24(3)15-18;/h13,15-17,26H,4-12,14H2,1-3H3,(H2,20,21,23);1H. The molecule has 0 radical (unpaired) electrons. The van der Waals surface area contributed by atoms with Gasteiger partial charge in [0.2, 0.25) is 0 Å². The molecule has 3 N–H and O–H groups in total. The summed E-state index contributed by atoms with van der Waals surface area (Å²) in [5, 5.41) is 20.5. The first kappa shape index (κ1) is 24.0. The molecule has 1 aliphatic rings. The third-order valence-electron chi connectivity index (χ3n) is 4.90. The van der Waals surface area contributed by atoms with E-state index in [4.69, 9.17) is 4.99 Å². The number of aliphatic imine (C=N–C) groups is 1. The van der Waals surface area contributed by atoms with Crippen molar-refractivity contribution in [3.05, 3.63) is 12.4 Å². The lowest BCUT2D eigenvalue weighted by atomic mass is 10.0. The first-order valence-corrected chi connectivity index (χ1v) is 10.1. The first-order chi connectivity index (χ1) is 12.7. The number of rotatable bonds is 9. The number of aliphatic hydroxyl groups is 1. The summed E-state index contributed by atoms with van der Waals surface area (Å²) >= 11 is 0. The van der Waals surface area contributed by atoms with Gasteiger partial charge >= 0.3 is 0 Å². The third kappa shape index (κ3) is 8.25. The van der Waals surface area contributed by atoms with Crippen LogP contribution in [0.4, 0.5) is 5.69 Å². The van der Waals surface area contributed by atoms with Gasteiger partial charge in [-0.1, -0.05) is 13.3 Å². The molecule has 0 bridgehead atoms. The minimum Gasteiger partial charge on any atom is -0.396 e.